The second-order valence-electron chi connectivity index (χ2n) is 4.10. The molecule has 0 saturated carbocycles. The molecule has 0 spiro atoms. The zero-order chi connectivity index (χ0) is 12.8. The van der Waals surface area contributed by atoms with E-state index in [1.54, 1.807) is 12.3 Å². The fourth-order valence-electron chi connectivity index (χ4n) is 1.88. The van der Waals surface area contributed by atoms with Gasteiger partial charge in [-0.15, -0.1) is 0 Å². The van der Waals surface area contributed by atoms with Crippen LogP contribution < -0.4 is 4.90 Å². The maximum atomic E-state index is 9.91. The van der Waals surface area contributed by atoms with Gasteiger partial charge in [-0.3, -0.25) is 4.99 Å². The number of aliphatic imine (C=N–C) groups is 1. The number of benzene rings is 1. The van der Waals surface area contributed by atoms with Crippen molar-refractivity contribution in [3.05, 3.63) is 23.8 Å². The summed E-state index contributed by atoms with van der Waals surface area (Å²) in [5.74, 6) is 0.209. The van der Waals surface area contributed by atoms with Gasteiger partial charge in [-0.05, 0) is 12.1 Å². The van der Waals surface area contributed by atoms with Crippen LogP contribution in [-0.4, -0.2) is 55.9 Å². The van der Waals surface area contributed by atoms with Gasteiger partial charge >= 0.3 is 0 Å². The number of hydrogen-bond donors (Lipinski definition) is 2. The minimum Gasteiger partial charge on any atom is -0.507 e. The summed E-state index contributed by atoms with van der Waals surface area (Å²) in [6, 6.07) is 5.54. The van der Waals surface area contributed by atoms with Crippen molar-refractivity contribution in [3.8, 4) is 5.75 Å². The lowest BCUT2D eigenvalue weighted by Crippen LogP contribution is -2.36. The third-order valence-corrected chi connectivity index (χ3v) is 2.85. The van der Waals surface area contributed by atoms with E-state index in [4.69, 9.17) is 9.84 Å². The van der Waals surface area contributed by atoms with Crippen molar-refractivity contribution in [3.63, 3.8) is 0 Å². The summed E-state index contributed by atoms with van der Waals surface area (Å²) < 4.78 is 5.29. The molecule has 18 heavy (non-hydrogen) atoms. The third kappa shape index (κ3) is 3.21. The van der Waals surface area contributed by atoms with Crippen LogP contribution in [0.25, 0.3) is 0 Å². The molecule has 0 aliphatic carbocycles. The molecule has 1 aromatic carbocycles. The fourth-order valence-corrected chi connectivity index (χ4v) is 1.88. The maximum absolute atomic E-state index is 9.91. The molecule has 0 bridgehead atoms. The molecule has 2 N–H and O–H groups in total. The summed E-state index contributed by atoms with van der Waals surface area (Å²) in [6.07, 6.45) is 1.58. The Morgan fingerprint density at radius 2 is 2.11 bits per heavy atom. The molecule has 0 aromatic heterocycles. The van der Waals surface area contributed by atoms with Gasteiger partial charge in [0, 0.05) is 36.6 Å². The molecule has 1 aromatic rings. The van der Waals surface area contributed by atoms with Crippen molar-refractivity contribution >= 4 is 11.9 Å². The van der Waals surface area contributed by atoms with Crippen LogP contribution in [0.2, 0.25) is 0 Å². The molecular formula is C13H18N2O3. The number of aliphatic hydroxyl groups excluding tert-OH is 1. The Balaban J connectivity index is 2.08. The van der Waals surface area contributed by atoms with Crippen LogP contribution in [0.4, 0.5) is 5.69 Å². The summed E-state index contributed by atoms with van der Waals surface area (Å²) >= 11 is 0. The number of phenols is 1. The number of nitrogens with zero attached hydrogens (tertiary/aromatic N) is 2. The van der Waals surface area contributed by atoms with Gasteiger partial charge in [0.15, 0.2) is 0 Å². The second kappa shape index (κ2) is 6.37. The molecule has 0 amide bonds. The minimum atomic E-state index is 0.0170. The second-order valence-corrected chi connectivity index (χ2v) is 4.10. The van der Waals surface area contributed by atoms with Crippen LogP contribution in [0.5, 0.6) is 5.75 Å². The normalized spacial score (nSPS) is 16.4. The van der Waals surface area contributed by atoms with E-state index in [9.17, 15) is 5.11 Å². The van der Waals surface area contributed by atoms with Gasteiger partial charge in [0.05, 0.1) is 26.4 Å². The highest BCUT2D eigenvalue weighted by atomic mass is 16.5. The molecule has 1 saturated heterocycles. The lowest BCUT2D eigenvalue weighted by Gasteiger charge is -2.29. The summed E-state index contributed by atoms with van der Waals surface area (Å²) in [7, 11) is 0. The number of hydrogen-bond acceptors (Lipinski definition) is 5. The van der Waals surface area contributed by atoms with E-state index in [0.717, 1.165) is 32.0 Å². The van der Waals surface area contributed by atoms with Gasteiger partial charge in [0.1, 0.15) is 5.75 Å². The molecule has 5 nitrogen and oxygen atoms in total. The lowest BCUT2D eigenvalue weighted by molar-refractivity contribution is 0.122. The molecule has 1 aliphatic heterocycles. The van der Waals surface area contributed by atoms with Crippen molar-refractivity contribution < 1.29 is 14.9 Å². The lowest BCUT2D eigenvalue weighted by atomic mass is 10.1. The summed E-state index contributed by atoms with van der Waals surface area (Å²) in [4.78, 5) is 6.17. The van der Waals surface area contributed by atoms with Crippen molar-refractivity contribution in [1.29, 1.82) is 0 Å². The van der Waals surface area contributed by atoms with E-state index in [0.29, 0.717) is 12.1 Å². The Kier molecular flexibility index (Phi) is 4.55. The van der Waals surface area contributed by atoms with Crippen LogP contribution in [-0.2, 0) is 4.74 Å². The van der Waals surface area contributed by atoms with E-state index >= 15 is 0 Å². The van der Waals surface area contributed by atoms with Gasteiger partial charge in [-0.2, -0.15) is 0 Å². The van der Waals surface area contributed by atoms with Gasteiger partial charge in [0.2, 0.25) is 0 Å². The molecule has 2 rings (SSSR count). The monoisotopic (exact) mass is 250 g/mol. The number of morpholine rings is 1. The molecule has 1 aliphatic rings. The summed E-state index contributed by atoms with van der Waals surface area (Å²) in [6.45, 7) is 3.50. The predicted molar refractivity (Wildman–Crippen MR) is 70.7 cm³/mol. The van der Waals surface area contributed by atoms with Crippen LogP contribution >= 0.6 is 0 Å². The Hall–Kier alpha value is -1.59. The van der Waals surface area contributed by atoms with Crippen molar-refractivity contribution in [2.75, 3.05) is 44.4 Å². The maximum Gasteiger partial charge on any atom is 0.126 e. The first-order valence-corrected chi connectivity index (χ1v) is 6.07. The molecule has 5 heteroatoms. The van der Waals surface area contributed by atoms with E-state index in [1.807, 2.05) is 12.1 Å². The van der Waals surface area contributed by atoms with Crippen LogP contribution in [0.15, 0.2) is 23.2 Å². The summed E-state index contributed by atoms with van der Waals surface area (Å²) in [5.41, 5.74) is 1.66. The quantitative estimate of drug-likeness (QED) is 0.770. The van der Waals surface area contributed by atoms with Crippen LogP contribution in [0, 0.1) is 0 Å². The highest BCUT2D eigenvalue weighted by Crippen LogP contribution is 2.24. The van der Waals surface area contributed by atoms with Crippen molar-refractivity contribution in [2.45, 2.75) is 0 Å². The molecule has 0 unspecified atom stereocenters. The number of rotatable bonds is 4. The first kappa shape index (κ1) is 12.9. The number of phenolic OH excluding ortho intramolecular Hbond substituents is 1. The van der Waals surface area contributed by atoms with Gasteiger partial charge in [-0.25, -0.2) is 0 Å². The van der Waals surface area contributed by atoms with Gasteiger partial charge in [0.25, 0.3) is 0 Å². The first-order valence-electron chi connectivity index (χ1n) is 6.07. The summed E-state index contributed by atoms with van der Waals surface area (Å²) in [5, 5.41) is 18.5. The van der Waals surface area contributed by atoms with Crippen LogP contribution in [0.3, 0.4) is 0 Å². The highest BCUT2D eigenvalue weighted by molar-refractivity contribution is 5.84. The molecule has 0 radical (unpaired) electrons. The zero-order valence-corrected chi connectivity index (χ0v) is 10.2. The fraction of sp³-hybridized carbons (Fsp3) is 0.462. The molecule has 0 atom stereocenters. The smallest absolute Gasteiger partial charge is 0.126 e. The number of aromatic hydroxyl groups is 1. The Morgan fingerprint density at radius 1 is 1.33 bits per heavy atom. The topological polar surface area (TPSA) is 65.3 Å². The Bertz CT molecular complexity index is 415. The number of aliphatic hydroxyl groups is 1. The zero-order valence-electron chi connectivity index (χ0n) is 10.2. The predicted octanol–water partition coefficient (Wildman–Crippen LogP) is 0.640. The minimum absolute atomic E-state index is 0.0170. The van der Waals surface area contributed by atoms with Gasteiger partial charge in [-0.1, -0.05) is 0 Å². The largest absolute Gasteiger partial charge is 0.507 e. The number of anilines is 1. The van der Waals surface area contributed by atoms with E-state index in [-0.39, 0.29) is 12.4 Å². The molecule has 1 heterocycles. The molecule has 98 valence electrons. The average molecular weight is 250 g/mol. The Morgan fingerprint density at radius 3 is 2.78 bits per heavy atom. The SMILES string of the molecule is OCCN=Cc1ccc(N2CCOCC2)cc1O. The van der Waals surface area contributed by atoms with Crippen LogP contribution in [0.1, 0.15) is 5.56 Å². The van der Waals surface area contributed by atoms with E-state index in [2.05, 4.69) is 9.89 Å². The average Bonchev–Trinajstić information content (AvgIpc) is 2.42. The van der Waals surface area contributed by atoms with Crippen molar-refractivity contribution in [1.82, 2.24) is 0 Å². The van der Waals surface area contributed by atoms with Crippen molar-refractivity contribution in [2.24, 2.45) is 4.99 Å². The molecule has 1 fully saturated rings. The van der Waals surface area contributed by atoms with E-state index in [1.165, 1.54) is 0 Å². The van der Waals surface area contributed by atoms with E-state index < -0.39 is 0 Å². The Labute approximate surface area is 106 Å². The number of ether oxygens (including phenoxy) is 1. The van der Waals surface area contributed by atoms with Gasteiger partial charge < -0.3 is 19.8 Å². The highest BCUT2D eigenvalue weighted by Gasteiger charge is 2.12. The first-order chi connectivity index (χ1) is 8.81. The third-order valence-electron chi connectivity index (χ3n) is 2.85. The standard InChI is InChI=1S/C13H18N2O3/c16-6-3-14-10-11-1-2-12(9-13(11)17)15-4-7-18-8-5-15/h1-2,9-10,16-17H,3-8H2. The molecular weight excluding hydrogens is 232 g/mol.